The van der Waals surface area contributed by atoms with Crippen molar-refractivity contribution in [3.8, 4) is 0 Å². The zero-order valence-corrected chi connectivity index (χ0v) is 13.1. The highest BCUT2D eigenvalue weighted by Gasteiger charge is 2.14. The number of aryl methyl sites for hydroxylation is 5. The van der Waals surface area contributed by atoms with Crippen molar-refractivity contribution in [3.05, 3.63) is 57.8 Å². The summed E-state index contributed by atoms with van der Waals surface area (Å²) in [7, 11) is 0. The lowest BCUT2D eigenvalue weighted by Crippen LogP contribution is -2.05. The van der Waals surface area contributed by atoms with Crippen molar-refractivity contribution in [2.24, 2.45) is 0 Å². The average molecular weight is 301 g/mol. The quantitative estimate of drug-likeness (QED) is 0.743. The maximum atomic E-state index is 6.16. The number of aromatic nitrogens is 4. The Morgan fingerprint density at radius 2 is 1.81 bits per heavy atom. The molecule has 0 N–H and O–H groups in total. The largest absolute Gasteiger partial charge is 0.279 e. The maximum Gasteiger partial charge on any atom is 0.198 e. The second-order valence-electron chi connectivity index (χ2n) is 5.28. The summed E-state index contributed by atoms with van der Waals surface area (Å²) in [6, 6.07) is 8.42. The molecule has 0 spiro atoms. The Hall–Kier alpha value is -1.94. The van der Waals surface area contributed by atoms with E-state index in [1.54, 1.807) is 0 Å². The average Bonchev–Trinajstić information content (AvgIpc) is 2.89. The fourth-order valence-electron chi connectivity index (χ4n) is 2.54. The van der Waals surface area contributed by atoms with Crippen LogP contribution >= 0.6 is 11.6 Å². The molecule has 0 amide bonds. The van der Waals surface area contributed by atoms with Crippen LogP contribution in [0, 0.1) is 20.8 Å². The molecule has 0 radical (unpaired) electrons. The van der Waals surface area contributed by atoms with Gasteiger partial charge >= 0.3 is 0 Å². The van der Waals surface area contributed by atoms with Crippen molar-refractivity contribution in [2.45, 2.75) is 33.6 Å². The van der Waals surface area contributed by atoms with Crippen molar-refractivity contribution in [2.75, 3.05) is 0 Å². The predicted octanol–water partition coefficient (Wildman–Crippen LogP) is 3.49. The maximum absolute atomic E-state index is 6.16. The second-order valence-corrected chi connectivity index (χ2v) is 5.63. The number of hydrogen-bond donors (Lipinski definition) is 0. The first kappa shape index (κ1) is 14.0. The van der Waals surface area contributed by atoms with Crippen LogP contribution < -0.4 is 0 Å². The monoisotopic (exact) mass is 300 g/mol. The summed E-state index contributed by atoms with van der Waals surface area (Å²) >= 11 is 6.16. The summed E-state index contributed by atoms with van der Waals surface area (Å²) in [6.45, 7) is 6.10. The Labute approximate surface area is 128 Å². The molecule has 0 aliphatic carbocycles. The van der Waals surface area contributed by atoms with Crippen LogP contribution in [-0.2, 0) is 12.8 Å². The van der Waals surface area contributed by atoms with E-state index in [9.17, 15) is 0 Å². The Morgan fingerprint density at radius 1 is 1.05 bits per heavy atom. The topological polar surface area (TPSA) is 43.1 Å². The summed E-state index contributed by atoms with van der Waals surface area (Å²) < 4.78 is 2.02. The van der Waals surface area contributed by atoms with Crippen molar-refractivity contribution >= 4 is 17.2 Å². The molecule has 5 heteroatoms. The fourth-order valence-corrected chi connectivity index (χ4v) is 2.79. The number of rotatable bonds is 3. The molecule has 4 nitrogen and oxygen atoms in total. The molecule has 0 atom stereocenters. The van der Waals surface area contributed by atoms with Crippen molar-refractivity contribution in [3.63, 3.8) is 0 Å². The smallest absolute Gasteiger partial charge is 0.198 e. The van der Waals surface area contributed by atoms with E-state index in [0.29, 0.717) is 10.8 Å². The van der Waals surface area contributed by atoms with E-state index < -0.39 is 0 Å². The van der Waals surface area contributed by atoms with Crippen LogP contribution in [0.15, 0.2) is 24.3 Å². The van der Waals surface area contributed by atoms with Gasteiger partial charge in [0, 0.05) is 12.1 Å². The molecule has 0 fully saturated rings. The Balaban J connectivity index is 1.97. The minimum atomic E-state index is 0.410. The number of benzene rings is 1. The van der Waals surface area contributed by atoms with E-state index in [0.717, 1.165) is 30.1 Å². The lowest BCUT2D eigenvalue weighted by atomic mass is 10.0. The molecule has 0 saturated carbocycles. The van der Waals surface area contributed by atoms with E-state index in [4.69, 9.17) is 11.6 Å². The first-order valence-corrected chi connectivity index (χ1v) is 7.37. The molecule has 2 aromatic heterocycles. The van der Waals surface area contributed by atoms with E-state index in [1.165, 1.54) is 11.1 Å². The van der Waals surface area contributed by atoms with Crippen LogP contribution in [0.25, 0.3) is 5.65 Å². The standard InChI is InChI=1S/C16H17ClN4/c1-10-6-4-5-7-13(10)8-9-14-19-20-16-15(17)18-11(2)12(3)21(14)16/h4-7H,8-9H2,1-3H3. The summed E-state index contributed by atoms with van der Waals surface area (Å²) in [5.74, 6) is 0.929. The van der Waals surface area contributed by atoms with Crippen LogP contribution in [0.3, 0.4) is 0 Å². The van der Waals surface area contributed by atoms with Crippen molar-refractivity contribution < 1.29 is 0 Å². The fraction of sp³-hybridized carbons (Fsp3) is 0.312. The van der Waals surface area contributed by atoms with Crippen LogP contribution in [0.4, 0.5) is 0 Å². The summed E-state index contributed by atoms with van der Waals surface area (Å²) in [6.07, 6.45) is 1.76. The Bertz CT molecular complexity index is 807. The SMILES string of the molecule is Cc1ccccc1CCc1nnc2c(Cl)nc(C)c(C)n12. The molecule has 1 aromatic carbocycles. The predicted molar refractivity (Wildman–Crippen MR) is 83.9 cm³/mol. The van der Waals surface area contributed by atoms with Gasteiger partial charge in [0.2, 0.25) is 0 Å². The minimum Gasteiger partial charge on any atom is -0.279 e. The highest BCUT2D eigenvalue weighted by molar-refractivity contribution is 6.32. The van der Waals surface area contributed by atoms with Gasteiger partial charge in [0.25, 0.3) is 0 Å². The van der Waals surface area contributed by atoms with Crippen LogP contribution in [0.1, 0.15) is 28.3 Å². The lowest BCUT2D eigenvalue weighted by molar-refractivity contribution is 0.818. The van der Waals surface area contributed by atoms with Gasteiger partial charge in [-0.05, 0) is 38.3 Å². The minimum absolute atomic E-state index is 0.410. The zero-order valence-electron chi connectivity index (χ0n) is 12.4. The zero-order chi connectivity index (χ0) is 15.0. The van der Waals surface area contributed by atoms with E-state index >= 15 is 0 Å². The molecule has 0 aliphatic heterocycles. The number of hydrogen-bond acceptors (Lipinski definition) is 3. The van der Waals surface area contributed by atoms with Crippen molar-refractivity contribution in [1.82, 2.24) is 19.6 Å². The van der Waals surface area contributed by atoms with Crippen LogP contribution in [-0.4, -0.2) is 19.6 Å². The first-order valence-electron chi connectivity index (χ1n) is 6.99. The molecule has 21 heavy (non-hydrogen) atoms. The molecule has 0 aliphatic rings. The molecule has 0 unspecified atom stereocenters. The third-order valence-electron chi connectivity index (χ3n) is 3.92. The summed E-state index contributed by atoms with van der Waals surface area (Å²) in [5.41, 5.74) is 5.23. The molecule has 3 rings (SSSR count). The number of fused-ring (bicyclic) bond motifs is 1. The van der Waals surface area contributed by atoms with Crippen molar-refractivity contribution in [1.29, 1.82) is 0 Å². The van der Waals surface area contributed by atoms with Crippen LogP contribution in [0.5, 0.6) is 0 Å². The van der Waals surface area contributed by atoms with Gasteiger partial charge < -0.3 is 0 Å². The molecule has 0 bridgehead atoms. The molecule has 108 valence electrons. The normalized spacial score (nSPS) is 11.2. The first-order chi connectivity index (χ1) is 10.1. The lowest BCUT2D eigenvalue weighted by Gasteiger charge is -2.08. The van der Waals surface area contributed by atoms with Crippen LogP contribution in [0.2, 0.25) is 5.15 Å². The van der Waals surface area contributed by atoms with Gasteiger partial charge in [0.15, 0.2) is 10.8 Å². The number of halogens is 1. The highest BCUT2D eigenvalue weighted by atomic mass is 35.5. The van der Waals surface area contributed by atoms with E-state index in [1.807, 2.05) is 18.2 Å². The highest BCUT2D eigenvalue weighted by Crippen LogP contribution is 2.19. The summed E-state index contributed by atoms with van der Waals surface area (Å²) in [4.78, 5) is 4.29. The third-order valence-corrected chi connectivity index (χ3v) is 4.17. The van der Waals surface area contributed by atoms with Gasteiger partial charge in [-0.3, -0.25) is 4.40 Å². The molecular weight excluding hydrogens is 284 g/mol. The van der Waals surface area contributed by atoms with Gasteiger partial charge in [-0.25, -0.2) is 4.98 Å². The summed E-state index contributed by atoms with van der Waals surface area (Å²) in [5, 5.41) is 8.87. The Morgan fingerprint density at radius 3 is 2.57 bits per heavy atom. The second kappa shape index (κ2) is 5.45. The molecule has 0 saturated heterocycles. The van der Waals surface area contributed by atoms with Gasteiger partial charge in [0.1, 0.15) is 5.82 Å². The molecule has 2 heterocycles. The van der Waals surface area contributed by atoms with Gasteiger partial charge in [0.05, 0.1) is 5.69 Å². The van der Waals surface area contributed by atoms with Gasteiger partial charge in [-0.1, -0.05) is 35.9 Å². The van der Waals surface area contributed by atoms with Gasteiger partial charge in [-0.15, -0.1) is 10.2 Å². The van der Waals surface area contributed by atoms with E-state index in [2.05, 4.69) is 46.4 Å². The molecular formula is C16H17ClN4. The van der Waals surface area contributed by atoms with Gasteiger partial charge in [-0.2, -0.15) is 0 Å². The number of nitrogens with zero attached hydrogens (tertiary/aromatic N) is 4. The Kier molecular flexibility index (Phi) is 3.64. The third kappa shape index (κ3) is 2.51. The molecule has 3 aromatic rings. The van der Waals surface area contributed by atoms with E-state index in [-0.39, 0.29) is 0 Å².